The Balaban J connectivity index is 3.41. The first-order valence-electron chi connectivity index (χ1n) is 3.15. The monoisotopic (exact) mass is 148 g/mol. The summed E-state index contributed by atoms with van der Waals surface area (Å²) in [6.45, 7) is -0.678. The van der Waals surface area contributed by atoms with Crippen molar-refractivity contribution in [3.05, 3.63) is 0 Å². The Kier molecular flexibility index (Phi) is 5.10. The summed E-state index contributed by atoms with van der Waals surface area (Å²) in [5.41, 5.74) is 0. The Labute approximate surface area is 59.1 Å². The average Bonchev–Trinajstić information content (AvgIpc) is 1.98. The van der Waals surface area contributed by atoms with Crippen LogP contribution in [-0.2, 0) is 4.79 Å². The third-order valence-corrected chi connectivity index (χ3v) is 1.16. The van der Waals surface area contributed by atoms with Gasteiger partial charge in [-0.2, -0.15) is 0 Å². The number of aliphatic hydroxyl groups is 3. The third-order valence-electron chi connectivity index (χ3n) is 1.16. The summed E-state index contributed by atoms with van der Waals surface area (Å²) in [4.78, 5) is 10.4. The minimum Gasteiger partial charge on any atom is -0.396 e. The molecule has 0 saturated heterocycles. The molecule has 0 aliphatic carbocycles. The molecule has 0 radical (unpaired) electrons. The highest BCUT2D eigenvalue weighted by Crippen LogP contribution is 1.96. The maximum absolute atomic E-state index is 10.4. The van der Waals surface area contributed by atoms with Crippen LogP contribution in [0.3, 0.4) is 0 Å². The van der Waals surface area contributed by atoms with Gasteiger partial charge in [-0.3, -0.25) is 4.79 Å². The number of carbonyl (C=O) groups excluding carboxylic acids is 1. The largest absolute Gasteiger partial charge is 0.396 e. The first-order valence-corrected chi connectivity index (χ1v) is 3.15. The molecule has 0 aromatic heterocycles. The molecule has 3 N–H and O–H groups in total. The zero-order valence-electron chi connectivity index (χ0n) is 5.66. The predicted octanol–water partition coefficient (Wildman–Crippen LogP) is -1.32. The highest BCUT2D eigenvalue weighted by molar-refractivity contribution is 5.83. The fraction of sp³-hybridized carbons (Fsp3) is 0.833. The van der Waals surface area contributed by atoms with Crippen molar-refractivity contribution in [1.82, 2.24) is 0 Å². The van der Waals surface area contributed by atoms with E-state index in [0.717, 1.165) is 0 Å². The third kappa shape index (κ3) is 3.55. The summed E-state index contributed by atoms with van der Waals surface area (Å²) in [6, 6.07) is 0. The van der Waals surface area contributed by atoms with Crippen molar-refractivity contribution < 1.29 is 20.1 Å². The Morgan fingerprint density at radius 3 is 2.40 bits per heavy atom. The Hall–Kier alpha value is -0.450. The number of Topliss-reactive ketones (excluding diaryl/α,β-unsaturated/α-hetero) is 1. The van der Waals surface area contributed by atoms with E-state index < -0.39 is 18.5 Å². The highest BCUT2D eigenvalue weighted by Gasteiger charge is 2.11. The number of ketones is 1. The minimum atomic E-state index is -1.11. The molecule has 4 nitrogen and oxygen atoms in total. The van der Waals surface area contributed by atoms with E-state index in [4.69, 9.17) is 15.3 Å². The molecule has 1 atom stereocenters. The van der Waals surface area contributed by atoms with Crippen LogP contribution in [0.1, 0.15) is 12.8 Å². The molecule has 0 spiro atoms. The SMILES string of the molecule is O=C(CO)C(O)CCCO. The van der Waals surface area contributed by atoms with Crippen LogP contribution in [0.25, 0.3) is 0 Å². The first kappa shape index (κ1) is 9.55. The summed E-state index contributed by atoms with van der Waals surface area (Å²) in [5, 5.41) is 25.3. The van der Waals surface area contributed by atoms with Gasteiger partial charge < -0.3 is 15.3 Å². The van der Waals surface area contributed by atoms with Crippen molar-refractivity contribution in [2.45, 2.75) is 18.9 Å². The van der Waals surface area contributed by atoms with E-state index >= 15 is 0 Å². The lowest BCUT2D eigenvalue weighted by Gasteiger charge is -2.04. The van der Waals surface area contributed by atoms with Gasteiger partial charge in [0, 0.05) is 6.61 Å². The lowest BCUT2D eigenvalue weighted by molar-refractivity contribution is -0.130. The van der Waals surface area contributed by atoms with Gasteiger partial charge in [-0.15, -0.1) is 0 Å². The smallest absolute Gasteiger partial charge is 0.186 e. The predicted molar refractivity (Wildman–Crippen MR) is 34.4 cm³/mol. The Bertz CT molecular complexity index is 102. The van der Waals surface area contributed by atoms with Gasteiger partial charge in [-0.1, -0.05) is 0 Å². The van der Waals surface area contributed by atoms with E-state index in [0.29, 0.717) is 6.42 Å². The van der Waals surface area contributed by atoms with Crippen LogP contribution in [0.4, 0.5) is 0 Å². The molecule has 0 amide bonds. The molecule has 0 rings (SSSR count). The first-order chi connectivity index (χ1) is 4.72. The summed E-state index contributed by atoms with van der Waals surface area (Å²) in [5.74, 6) is -0.589. The van der Waals surface area contributed by atoms with Crippen LogP contribution in [0.2, 0.25) is 0 Å². The summed E-state index contributed by atoms with van der Waals surface area (Å²) in [7, 11) is 0. The molecular formula is C6H12O4. The van der Waals surface area contributed by atoms with E-state index in [2.05, 4.69) is 0 Å². The lowest BCUT2D eigenvalue weighted by atomic mass is 10.1. The molecule has 0 aliphatic rings. The van der Waals surface area contributed by atoms with Gasteiger partial charge in [0.2, 0.25) is 0 Å². The topological polar surface area (TPSA) is 77.8 Å². The van der Waals surface area contributed by atoms with Gasteiger partial charge in [-0.25, -0.2) is 0 Å². The maximum Gasteiger partial charge on any atom is 0.186 e. The van der Waals surface area contributed by atoms with Crippen molar-refractivity contribution in [3.63, 3.8) is 0 Å². The molecule has 10 heavy (non-hydrogen) atoms. The van der Waals surface area contributed by atoms with Gasteiger partial charge in [0.15, 0.2) is 5.78 Å². The van der Waals surface area contributed by atoms with Gasteiger partial charge in [0.05, 0.1) is 0 Å². The van der Waals surface area contributed by atoms with Crippen LogP contribution in [0, 0.1) is 0 Å². The van der Waals surface area contributed by atoms with Gasteiger partial charge >= 0.3 is 0 Å². The number of hydrogen-bond acceptors (Lipinski definition) is 4. The second kappa shape index (κ2) is 5.34. The summed E-state index contributed by atoms with van der Waals surface area (Å²) >= 11 is 0. The van der Waals surface area contributed by atoms with E-state index in [1.807, 2.05) is 0 Å². The van der Waals surface area contributed by atoms with Crippen molar-refractivity contribution in [2.24, 2.45) is 0 Å². The zero-order valence-corrected chi connectivity index (χ0v) is 5.66. The normalized spacial score (nSPS) is 13.1. The number of aliphatic hydroxyl groups excluding tert-OH is 3. The standard InChI is InChI=1S/C6H12O4/c7-3-1-2-5(9)6(10)4-8/h5,7-9H,1-4H2. The molecule has 60 valence electrons. The van der Waals surface area contributed by atoms with Gasteiger partial charge in [0.1, 0.15) is 12.7 Å². The van der Waals surface area contributed by atoms with Crippen molar-refractivity contribution in [3.8, 4) is 0 Å². The minimum absolute atomic E-state index is 0.0459. The van der Waals surface area contributed by atoms with Crippen LogP contribution in [0.5, 0.6) is 0 Å². The molecule has 0 aliphatic heterocycles. The highest BCUT2D eigenvalue weighted by atomic mass is 16.3. The second-order valence-corrected chi connectivity index (χ2v) is 2.01. The lowest BCUT2D eigenvalue weighted by Crippen LogP contribution is -2.23. The summed E-state index contributed by atoms with van der Waals surface area (Å²) < 4.78 is 0. The molecule has 1 unspecified atom stereocenters. The number of carbonyl (C=O) groups is 1. The van der Waals surface area contributed by atoms with Gasteiger partial charge in [0.25, 0.3) is 0 Å². The van der Waals surface area contributed by atoms with E-state index in [9.17, 15) is 4.79 Å². The second-order valence-electron chi connectivity index (χ2n) is 2.01. The number of rotatable bonds is 5. The fourth-order valence-corrected chi connectivity index (χ4v) is 0.551. The maximum atomic E-state index is 10.4. The van der Waals surface area contributed by atoms with Crippen molar-refractivity contribution in [2.75, 3.05) is 13.2 Å². The van der Waals surface area contributed by atoms with Crippen LogP contribution in [0.15, 0.2) is 0 Å². The molecule has 0 heterocycles. The average molecular weight is 148 g/mol. The molecule has 0 fully saturated rings. The van der Waals surface area contributed by atoms with E-state index in [-0.39, 0.29) is 13.0 Å². The number of hydrogen-bond donors (Lipinski definition) is 3. The van der Waals surface area contributed by atoms with Crippen LogP contribution >= 0.6 is 0 Å². The van der Waals surface area contributed by atoms with Crippen LogP contribution in [-0.4, -0.2) is 40.4 Å². The van der Waals surface area contributed by atoms with Crippen molar-refractivity contribution in [1.29, 1.82) is 0 Å². The fourth-order valence-electron chi connectivity index (χ4n) is 0.551. The molecule has 0 saturated carbocycles. The van der Waals surface area contributed by atoms with Crippen LogP contribution < -0.4 is 0 Å². The molecule has 4 heteroatoms. The zero-order chi connectivity index (χ0) is 7.98. The molecule has 0 bridgehead atoms. The quantitative estimate of drug-likeness (QED) is 0.452. The molecular weight excluding hydrogens is 136 g/mol. The molecule has 0 aromatic rings. The van der Waals surface area contributed by atoms with E-state index in [1.165, 1.54) is 0 Å². The Morgan fingerprint density at radius 2 is 2.00 bits per heavy atom. The molecule has 0 aromatic carbocycles. The van der Waals surface area contributed by atoms with Gasteiger partial charge in [-0.05, 0) is 12.8 Å². The van der Waals surface area contributed by atoms with Crippen molar-refractivity contribution >= 4 is 5.78 Å². The Morgan fingerprint density at radius 1 is 1.40 bits per heavy atom. The summed E-state index contributed by atoms with van der Waals surface area (Å²) in [6.07, 6.45) is -0.514. The van der Waals surface area contributed by atoms with E-state index in [1.54, 1.807) is 0 Å².